The second-order valence-electron chi connectivity index (χ2n) is 5.88. The van der Waals surface area contributed by atoms with E-state index in [4.69, 9.17) is 5.26 Å². The molecule has 2 fully saturated rings. The SMILES string of the molecule is Cl.N#Cc1nc(N[C@@H]2CN[C@H](C(=O)N3CCSC3)C2)ccc1C(F)(F)F. The molecule has 3 heterocycles. The quantitative estimate of drug-likeness (QED) is 0.798. The van der Waals surface area contributed by atoms with Gasteiger partial charge in [0.15, 0.2) is 5.69 Å². The first-order chi connectivity index (χ1) is 11.9. The zero-order valence-corrected chi connectivity index (χ0v) is 15.2. The van der Waals surface area contributed by atoms with Gasteiger partial charge in [0.1, 0.15) is 11.9 Å². The zero-order valence-electron chi connectivity index (χ0n) is 13.5. The number of carbonyl (C=O) groups excluding carboxylic acids is 1. The molecule has 26 heavy (non-hydrogen) atoms. The van der Waals surface area contributed by atoms with E-state index < -0.39 is 17.4 Å². The number of anilines is 1. The molecule has 2 aliphatic rings. The van der Waals surface area contributed by atoms with Crippen molar-refractivity contribution in [3.8, 4) is 6.07 Å². The summed E-state index contributed by atoms with van der Waals surface area (Å²) in [7, 11) is 0. The fourth-order valence-corrected chi connectivity index (χ4v) is 3.86. The molecule has 11 heteroatoms. The number of aromatic nitrogens is 1. The number of alkyl halides is 3. The summed E-state index contributed by atoms with van der Waals surface area (Å²) in [6.07, 6.45) is -4.10. The Morgan fingerprint density at radius 2 is 2.23 bits per heavy atom. The second kappa shape index (κ2) is 8.33. The molecule has 2 N–H and O–H groups in total. The summed E-state index contributed by atoms with van der Waals surface area (Å²) >= 11 is 1.71. The maximum Gasteiger partial charge on any atom is 0.419 e. The van der Waals surface area contributed by atoms with Crippen LogP contribution >= 0.6 is 24.2 Å². The molecule has 0 radical (unpaired) electrons. The van der Waals surface area contributed by atoms with Crippen LogP contribution < -0.4 is 10.6 Å². The fourth-order valence-electron chi connectivity index (χ4n) is 2.90. The summed E-state index contributed by atoms with van der Waals surface area (Å²) in [5, 5.41) is 15.0. The van der Waals surface area contributed by atoms with Crippen LogP contribution in [0.1, 0.15) is 17.7 Å². The third-order valence-electron chi connectivity index (χ3n) is 4.15. The molecule has 142 valence electrons. The summed E-state index contributed by atoms with van der Waals surface area (Å²) in [5.41, 5.74) is -1.71. The molecule has 1 amide bonds. The number of rotatable bonds is 3. The van der Waals surface area contributed by atoms with E-state index in [0.29, 0.717) is 18.8 Å². The molecular formula is C15H17ClF3N5OS. The topological polar surface area (TPSA) is 81.0 Å². The van der Waals surface area contributed by atoms with Crippen LogP contribution in [-0.4, -0.2) is 52.6 Å². The van der Waals surface area contributed by atoms with Crippen molar-refractivity contribution in [2.75, 3.05) is 30.0 Å². The van der Waals surface area contributed by atoms with E-state index in [1.165, 1.54) is 12.1 Å². The number of thioether (sulfide) groups is 1. The van der Waals surface area contributed by atoms with Crippen molar-refractivity contribution in [3.05, 3.63) is 23.4 Å². The lowest BCUT2D eigenvalue weighted by Crippen LogP contribution is -2.42. The number of hydrogen-bond acceptors (Lipinski definition) is 6. The highest BCUT2D eigenvalue weighted by molar-refractivity contribution is 7.99. The second-order valence-corrected chi connectivity index (χ2v) is 6.95. The van der Waals surface area contributed by atoms with E-state index in [-0.39, 0.29) is 36.2 Å². The van der Waals surface area contributed by atoms with Crippen molar-refractivity contribution in [1.29, 1.82) is 5.26 Å². The fraction of sp³-hybridized carbons (Fsp3) is 0.533. The summed E-state index contributed by atoms with van der Waals surface area (Å²) in [5.74, 6) is 1.88. The molecule has 0 aliphatic carbocycles. The van der Waals surface area contributed by atoms with E-state index in [1.807, 2.05) is 0 Å². The number of nitrogens with zero attached hydrogens (tertiary/aromatic N) is 3. The standard InChI is InChI=1S/C15H16F3N5OS.ClH/c16-15(17,18)10-1-2-13(22-12(10)6-19)21-9-5-11(20-7-9)14(24)23-3-4-25-8-23;/h1-2,9,11,20H,3-5,7-8H2,(H,21,22);1H/t9-,11-;/m0./s1. The van der Waals surface area contributed by atoms with E-state index in [9.17, 15) is 18.0 Å². The number of nitriles is 1. The minimum Gasteiger partial charge on any atom is -0.366 e. The first-order valence-corrected chi connectivity index (χ1v) is 8.89. The molecule has 1 aromatic rings. The smallest absolute Gasteiger partial charge is 0.366 e. The lowest BCUT2D eigenvalue weighted by molar-refractivity contribution is -0.138. The van der Waals surface area contributed by atoms with Gasteiger partial charge in [-0.15, -0.1) is 24.2 Å². The summed E-state index contributed by atoms with van der Waals surface area (Å²) < 4.78 is 38.4. The van der Waals surface area contributed by atoms with E-state index >= 15 is 0 Å². The van der Waals surface area contributed by atoms with Gasteiger partial charge in [0, 0.05) is 24.9 Å². The predicted octanol–water partition coefficient (Wildman–Crippen LogP) is 2.07. The van der Waals surface area contributed by atoms with Crippen molar-refractivity contribution in [3.63, 3.8) is 0 Å². The average Bonchev–Trinajstić information content (AvgIpc) is 3.25. The third kappa shape index (κ3) is 4.52. The van der Waals surface area contributed by atoms with Gasteiger partial charge >= 0.3 is 6.18 Å². The van der Waals surface area contributed by atoms with Crippen LogP contribution in [0, 0.1) is 11.3 Å². The van der Waals surface area contributed by atoms with Crippen LogP contribution in [0.25, 0.3) is 0 Å². The first-order valence-electron chi connectivity index (χ1n) is 7.73. The van der Waals surface area contributed by atoms with Crippen LogP contribution in [0.5, 0.6) is 0 Å². The normalized spacial score (nSPS) is 22.6. The molecule has 0 saturated carbocycles. The van der Waals surface area contributed by atoms with E-state index in [1.54, 1.807) is 16.7 Å². The van der Waals surface area contributed by atoms with Gasteiger partial charge in [-0.1, -0.05) is 0 Å². The number of hydrogen-bond donors (Lipinski definition) is 2. The predicted molar refractivity (Wildman–Crippen MR) is 94.1 cm³/mol. The Morgan fingerprint density at radius 3 is 2.85 bits per heavy atom. The maximum absolute atomic E-state index is 12.8. The maximum atomic E-state index is 12.8. The lowest BCUT2D eigenvalue weighted by atomic mass is 10.1. The number of carbonyl (C=O) groups is 1. The monoisotopic (exact) mass is 407 g/mol. The minimum absolute atomic E-state index is 0. The molecule has 0 bridgehead atoms. The average molecular weight is 408 g/mol. The molecule has 1 aromatic heterocycles. The Hall–Kier alpha value is -1.70. The highest BCUT2D eigenvalue weighted by Crippen LogP contribution is 2.32. The lowest BCUT2D eigenvalue weighted by Gasteiger charge is -2.19. The number of pyridine rings is 1. The van der Waals surface area contributed by atoms with Crippen molar-refractivity contribution in [2.45, 2.75) is 24.7 Å². The first kappa shape index (κ1) is 20.6. The van der Waals surface area contributed by atoms with Crippen LogP contribution in [0.3, 0.4) is 0 Å². The van der Waals surface area contributed by atoms with Crippen molar-refractivity contribution >= 4 is 35.9 Å². The Morgan fingerprint density at radius 1 is 1.46 bits per heavy atom. The summed E-state index contributed by atoms with van der Waals surface area (Å²) in [4.78, 5) is 17.9. The highest BCUT2D eigenvalue weighted by atomic mass is 35.5. The Kier molecular flexibility index (Phi) is 6.60. The van der Waals surface area contributed by atoms with Crippen molar-refractivity contribution in [1.82, 2.24) is 15.2 Å². The number of nitrogens with one attached hydrogen (secondary N) is 2. The minimum atomic E-state index is -4.61. The van der Waals surface area contributed by atoms with Gasteiger partial charge in [0.05, 0.1) is 17.5 Å². The van der Waals surface area contributed by atoms with Gasteiger partial charge in [-0.05, 0) is 18.6 Å². The largest absolute Gasteiger partial charge is 0.419 e. The van der Waals surface area contributed by atoms with Gasteiger partial charge in [0.25, 0.3) is 0 Å². The van der Waals surface area contributed by atoms with Gasteiger partial charge in [-0.25, -0.2) is 4.98 Å². The molecular weight excluding hydrogens is 391 g/mol. The van der Waals surface area contributed by atoms with E-state index in [0.717, 1.165) is 18.4 Å². The molecule has 2 saturated heterocycles. The number of halogens is 4. The summed E-state index contributed by atoms with van der Waals surface area (Å²) in [6, 6.07) is 3.09. The van der Waals surface area contributed by atoms with E-state index in [2.05, 4.69) is 15.6 Å². The highest BCUT2D eigenvalue weighted by Gasteiger charge is 2.36. The molecule has 0 unspecified atom stereocenters. The summed E-state index contributed by atoms with van der Waals surface area (Å²) in [6.45, 7) is 1.24. The third-order valence-corrected chi connectivity index (χ3v) is 5.12. The Labute approximate surface area is 158 Å². The number of amides is 1. The molecule has 2 aliphatic heterocycles. The zero-order chi connectivity index (χ0) is 18.0. The molecule has 2 atom stereocenters. The van der Waals surface area contributed by atoms with Crippen molar-refractivity contribution in [2.24, 2.45) is 0 Å². The van der Waals surface area contributed by atoms with Crippen molar-refractivity contribution < 1.29 is 18.0 Å². The Balaban J connectivity index is 0.00000243. The van der Waals surface area contributed by atoms with Gasteiger partial charge in [0.2, 0.25) is 5.91 Å². The van der Waals surface area contributed by atoms with Crippen LogP contribution in [0.15, 0.2) is 12.1 Å². The van der Waals surface area contributed by atoms with Crippen LogP contribution in [0.4, 0.5) is 19.0 Å². The molecule has 0 spiro atoms. The molecule has 3 rings (SSSR count). The van der Waals surface area contributed by atoms with Gasteiger partial charge in [-0.3, -0.25) is 4.79 Å². The van der Waals surface area contributed by atoms with Gasteiger partial charge < -0.3 is 15.5 Å². The molecule has 6 nitrogen and oxygen atoms in total. The van der Waals surface area contributed by atoms with Gasteiger partial charge in [-0.2, -0.15) is 18.4 Å². The van der Waals surface area contributed by atoms with Crippen LogP contribution in [-0.2, 0) is 11.0 Å². The Bertz CT molecular complexity index is 706. The molecule has 0 aromatic carbocycles. The van der Waals surface area contributed by atoms with Crippen LogP contribution in [0.2, 0.25) is 0 Å².